The van der Waals surface area contributed by atoms with Gasteiger partial charge < -0.3 is 15.0 Å². The molecule has 0 radical (unpaired) electrons. The number of nitrogens with one attached hydrogen (secondary N) is 2. The first-order chi connectivity index (χ1) is 17.8. The number of para-hydroxylation sites is 1. The summed E-state index contributed by atoms with van der Waals surface area (Å²) >= 11 is 1.01. The number of carbonyl (C=O) groups is 3. The number of aryl methyl sites for hydroxylation is 1. The van der Waals surface area contributed by atoms with E-state index in [9.17, 15) is 14.4 Å². The van der Waals surface area contributed by atoms with E-state index in [4.69, 9.17) is 4.74 Å². The molecule has 192 valence electrons. The van der Waals surface area contributed by atoms with E-state index < -0.39 is 0 Å². The van der Waals surface area contributed by atoms with Crippen molar-refractivity contribution in [2.45, 2.75) is 26.5 Å². The number of hydrogen-bond acceptors (Lipinski definition) is 7. The van der Waals surface area contributed by atoms with Crippen molar-refractivity contribution in [2.75, 3.05) is 19.3 Å². The Morgan fingerprint density at radius 2 is 1.92 bits per heavy atom. The van der Waals surface area contributed by atoms with Gasteiger partial charge in [0.15, 0.2) is 0 Å². The second-order valence-electron chi connectivity index (χ2n) is 8.80. The van der Waals surface area contributed by atoms with Crippen molar-refractivity contribution in [1.82, 2.24) is 20.6 Å². The molecular weight excluding hydrogens is 490 g/mol. The maximum atomic E-state index is 12.9. The van der Waals surface area contributed by atoms with Gasteiger partial charge in [-0.25, -0.2) is 5.43 Å². The third kappa shape index (κ3) is 6.65. The average Bonchev–Trinajstić information content (AvgIpc) is 3.30. The Morgan fingerprint density at radius 1 is 1.16 bits per heavy atom. The van der Waals surface area contributed by atoms with Gasteiger partial charge in [-0.15, -0.1) is 0 Å². The lowest BCUT2D eigenvalue weighted by atomic mass is 10.0. The van der Waals surface area contributed by atoms with E-state index in [2.05, 4.69) is 20.8 Å². The third-order valence-electron chi connectivity index (χ3n) is 6.17. The van der Waals surface area contributed by atoms with Crippen LogP contribution in [0, 0.1) is 12.8 Å². The SMILES string of the molecule is CSC(=O)N/N=C/C1CN(C(C)=O)CC1NC(=O)c1ccc(OCc2cc(C)nc3ccccc23)cc1. The summed E-state index contributed by atoms with van der Waals surface area (Å²) in [7, 11) is 0. The van der Waals surface area contributed by atoms with Crippen molar-refractivity contribution >= 4 is 45.9 Å². The fraction of sp³-hybridized carbons (Fsp3) is 0.296. The molecule has 2 aromatic carbocycles. The van der Waals surface area contributed by atoms with Crippen molar-refractivity contribution in [2.24, 2.45) is 11.0 Å². The Kier molecular flexibility index (Phi) is 8.39. The summed E-state index contributed by atoms with van der Waals surface area (Å²) in [6.07, 6.45) is 3.22. The number of aromatic nitrogens is 1. The molecule has 0 bridgehead atoms. The van der Waals surface area contributed by atoms with Crippen LogP contribution in [-0.2, 0) is 11.4 Å². The summed E-state index contributed by atoms with van der Waals surface area (Å²) in [4.78, 5) is 42.5. The van der Waals surface area contributed by atoms with Gasteiger partial charge >= 0.3 is 0 Å². The molecular formula is C27H29N5O4S. The highest BCUT2D eigenvalue weighted by atomic mass is 32.2. The number of thioether (sulfide) groups is 1. The van der Waals surface area contributed by atoms with Gasteiger partial charge in [-0.3, -0.25) is 19.4 Å². The van der Waals surface area contributed by atoms with Crippen molar-refractivity contribution in [3.8, 4) is 5.75 Å². The predicted molar refractivity (Wildman–Crippen MR) is 145 cm³/mol. The number of fused-ring (bicyclic) bond motifs is 1. The lowest BCUT2D eigenvalue weighted by Crippen LogP contribution is -2.41. The number of benzene rings is 2. The molecule has 0 spiro atoms. The van der Waals surface area contributed by atoms with E-state index in [1.165, 1.54) is 6.92 Å². The van der Waals surface area contributed by atoms with Crippen LogP contribution in [0.1, 0.15) is 28.5 Å². The molecule has 3 aromatic rings. The monoisotopic (exact) mass is 519 g/mol. The van der Waals surface area contributed by atoms with Crippen molar-refractivity contribution < 1.29 is 19.1 Å². The van der Waals surface area contributed by atoms with E-state index in [0.717, 1.165) is 33.9 Å². The first-order valence-electron chi connectivity index (χ1n) is 11.9. The molecule has 1 fully saturated rings. The first-order valence-corrected chi connectivity index (χ1v) is 13.1. The predicted octanol–water partition coefficient (Wildman–Crippen LogP) is 3.76. The minimum Gasteiger partial charge on any atom is -0.489 e. The van der Waals surface area contributed by atoms with E-state index in [0.29, 0.717) is 31.0 Å². The van der Waals surface area contributed by atoms with Crippen molar-refractivity contribution in [1.29, 1.82) is 0 Å². The van der Waals surface area contributed by atoms with Gasteiger partial charge in [-0.1, -0.05) is 30.0 Å². The summed E-state index contributed by atoms with van der Waals surface area (Å²) in [5.74, 6) is 0.0794. The van der Waals surface area contributed by atoms with Crippen LogP contribution in [0.2, 0.25) is 0 Å². The number of hydrazone groups is 1. The molecule has 4 rings (SSSR count). The lowest BCUT2D eigenvalue weighted by molar-refractivity contribution is -0.127. The molecule has 2 N–H and O–H groups in total. The van der Waals surface area contributed by atoms with E-state index >= 15 is 0 Å². The standard InChI is InChI=1S/C27H29N5O4S/c1-17-12-20(23-6-4-5-7-24(23)29-17)16-36-22-10-8-19(9-11-22)26(34)30-25-15-32(18(2)33)14-21(25)13-28-31-27(35)37-3/h4-13,21,25H,14-16H2,1-3H3,(H,30,34)(H,31,35)/b28-13+. The van der Waals surface area contributed by atoms with Gasteiger partial charge in [0.1, 0.15) is 12.4 Å². The Labute approximate surface area is 219 Å². The van der Waals surface area contributed by atoms with Crippen molar-refractivity contribution in [3.05, 3.63) is 71.4 Å². The van der Waals surface area contributed by atoms with Gasteiger partial charge in [0.05, 0.1) is 11.6 Å². The molecule has 1 saturated heterocycles. The molecule has 2 atom stereocenters. The zero-order valence-electron chi connectivity index (χ0n) is 20.9. The topological polar surface area (TPSA) is 113 Å². The van der Waals surface area contributed by atoms with Crippen LogP contribution in [0.4, 0.5) is 4.79 Å². The first kappa shape index (κ1) is 26.2. The maximum absolute atomic E-state index is 12.9. The molecule has 3 amide bonds. The smallest absolute Gasteiger partial charge is 0.298 e. The maximum Gasteiger partial charge on any atom is 0.298 e. The number of nitrogens with zero attached hydrogens (tertiary/aromatic N) is 3. The number of ether oxygens (including phenoxy) is 1. The van der Waals surface area contributed by atoms with E-state index in [1.807, 2.05) is 37.3 Å². The molecule has 9 nitrogen and oxygen atoms in total. The molecule has 1 aromatic heterocycles. The number of carbonyl (C=O) groups excluding carboxylic acids is 3. The van der Waals surface area contributed by atoms with Crippen LogP contribution >= 0.6 is 11.8 Å². The van der Waals surface area contributed by atoms with Crippen LogP contribution in [0.3, 0.4) is 0 Å². The summed E-state index contributed by atoms with van der Waals surface area (Å²) in [5.41, 5.74) is 5.79. The highest BCUT2D eigenvalue weighted by Gasteiger charge is 2.34. The Bertz CT molecular complexity index is 1330. The number of rotatable bonds is 7. The quantitative estimate of drug-likeness (QED) is 0.363. The van der Waals surface area contributed by atoms with E-state index in [-0.39, 0.29) is 29.0 Å². The fourth-order valence-corrected chi connectivity index (χ4v) is 4.39. The summed E-state index contributed by atoms with van der Waals surface area (Å²) in [6.45, 7) is 4.61. The van der Waals surface area contributed by atoms with Crippen LogP contribution in [0.15, 0.2) is 59.7 Å². The largest absolute Gasteiger partial charge is 0.489 e. The molecule has 10 heteroatoms. The van der Waals surface area contributed by atoms with Crippen molar-refractivity contribution in [3.63, 3.8) is 0 Å². The molecule has 0 aliphatic carbocycles. The molecule has 0 saturated carbocycles. The second-order valence-corrected chi connectivity index (χ2v) is 9.58. The summed E-state index contributed by atoms with van der Waals surface area (Å²) in [5, 5.41) is 7.73. The summed E-state index contributed by atoms with van der Waals surface area (Å²) < 4.78 is 6.00. The average molecular weight is 520 g/mol. The normalized spacial score (nSPS) is 17.2. The highest BCUT2D eigenvalue weighted by Crippen LogP contribution is 2.22. The Hall–Kier alpha value is -3.92. The van der Waals surface area contributed by atoms with Gasteiger partial charge in [0.2, 0.25) is 5.91 Å². The summed E-state index contributed by atoms with van der Waals surface area (Å²) in [6, 6.07) is 16.6. The van der Waals surface area contributed by atoms with Crippen LogP contribution in [0.5, 0.6) is 5.75 Å². The van der Waals surface area contributed by atoms with E-state index in [1.54, 1.807) is 41.6 Å². The number of hydrogen-bond donors (Lipinski definition) is 2. The van der Waals surface area contributed by atoms with Gasteiger partial charge in [0.25, 0.3) is 11.1 Å². The third-order valence-corrected chi connectivity index (χ3v) is 6.64. The minimum atomic E-state index is -0.328. The number of pyridine rings is 1. The highest BCUT2D eigenvalue weighted by molar-refractivity contribution is 8.12. The Morgan fingerprint density at radius 3 is 2.65 bits per heavy atom. The second kappa shape index (κ2) is 11.9. The van der Waals surface area contributed by atoms with Crippen LogP contribution < -0.4 is 15.5 Å². The lowest BCUT2D eigenvalue weighted by Gasteiger charge is -2.17. The molecule has 37 heavy (non-hydrogen) atoms. The van der Waals surface area contributed by atoms with Crippen LogP contribution in [-0.4, -0.2) is 58.5 Å². The molecule has 2 unspecified atom stereocenters. The van der Waals surface area contributed by atoms with Gasteiger partial charge in [-0.05, 0) is 49.6 Å². The minimum absolute atomic E-state index is 0.0815. The van der Waals surface area contributed by atoms with Gasteiger partial charge in [-0.2, -0.15) is 5.10 Å². The molecule has 1 aliphatic rings. The Balaban J connectivity index is 1.39. The zero-order chi connectivity index (χ0) is 26.4. The molecule has 1 aliphatic heterocycles. The van der Waals surface area contributed by atoms with Crippen LogP contribution in [0.25, 0.3) is 10.9 Å². The molecule has 2 heterocycles. The fourth-order valence-electron chi connectivity index (χ4n) is 4.25. The van der Waals surface area contributed by atoms with Gasteiger partial charge in [0, 0.05) is 54.4 Å². The number of amides is 3. The zero-order valence-corrected chi connectivity index (χ0v) is 21.7. The number of likely N-dealkylation sites (tertiary alicyclic amines) is 1.